The number of nitrogens with one attached hydrogen (secondary N) is 1. The normalized spacial score (nSPS) is 20.5. The molecular weight excluding hydrogens is 406 g/mol. The van der Waals surface area contributed by atoms with Gasteiger partial charge in [0.1, 0.15) is 18.1 Å². The largest absolute Gasteiger partial charge is 0.412 e. The van der Waals surface area contributed by atoms with Crippen LogP contribution in [0.2, 0.25) is 0 Å². The zero-order valence-corrected chi connectivity index (χ0v) is 17.3. The van der Waals surface area contributed by atoms with Gasteiger partial charge in [0.2, 0.25) is 0 Å². The van der Waals surface area contributed by atoms with Gasteiger partial charge in [0.25, 0.3) is 5.56 Å². The molecule has 1 amide bonds. The van der Waals surface area contributed by atoms with Crippen LogP contribution in [-0.4, -0.2) is 50.8 Å². The van der Waals surface area contributed by atoms with Crippen LogP contribution in [0.4, 0.5) is 4.79 Å². The Labute approximate surface area is 178 Å². The number of nitrogens with zero attached hydrogens (tertiary/aromatic N) is 2. The molecular formula is C21H27N3O7. The topological polar surface area (TPSA) is 132 Å². The van der Waals surface area contributed by atoms with Crippen LogP contribution in [0.3, 0.4) is 0 Å². The Balaban J connectivity index is 1.55. The zero-order chi connectivity index (χ0) is 22.4. The van der Waals surface area contributed by atoms with Crippen molar-refractivity contribution in [3.05, 3.63) is 62.9 Å². The van der Waals surface area contributed by atoms with E-state index < -0.39 is 35.8 Å². The highest BCUT2D eigenvalue weighted by Gasteiger charge is 2.35. The van der Waals surface area contributed by atoms with Gasteiger partial charge >= 0.3 is 11.8 Å². The molecule has 1 aliphatic rings. The molecule has 3 N–H and O–H groups in total. The van der Waals surface area contributed by atoms with E-state index in [-0.39, 0.29) is 19.6 Å². The molecule has 0 bridgehead atoms. The van der Waals surface area contributed by atoms with Crippen LogP contribution in [0.5, 0.6) is 5.75 Å². The summed E-state index contributed by atoms with van der Waals surface area (Å²) in [6.45, 7) is 1.75. The van der Waals surface area contributed by atoms with Crippen molar-refractivity contribution < 1.29 is 24.5 Å². The third-order valence-corrected chi connectivity index (χ3v) is 5.09. The Hall–Kier alpha value is -2.95. The van der Waals surface area contributed by atoms with Crippen molar-refractivity contribution in [2.45, 2.75) is 51.2 Å². The lowest BCUT2D eigenvalue weighted by Crippen LogP contribution is -2.42. The summed E-state index contributed by atoms with van der Waals surface area (Å²) in [5.41, 5.74) is -0.563. The van der Waals surface area contributed by atoms with Gasteiger partial charge in [-0.05, 0) is 31.9 Å². The summed E-state index contributed by atoms with van der Waals surface area (Å²) >= 11 is 0. The second-order valence-electron chi connectivity index (χ2n) is 7.41. The summed E-state index contributed by atoms with van der Waals surface area (Å²) in [5.74, 6) is 0.439. The number of rotatable bonds is 8. The Bertz CT molecular complexity index is 1000. The lowest BCUT2D eigenvalue weighted by atomic mass is 10.2. The molecule has 0 spiro atoms. The number of ether oxygens (including phenoxy) is 2. The first kappa shape index (κ1) is 22.7. The number of aryl methyl sites for hydroxylation is 1. The van der Waals surface area contributed by atoms with Crippen LogP contribution in [0.15, 0.2) is 46.1 Å². The number of aliphatic hydroxyl groups is 2. The minimum Gasteiger partial charge on any atom is -0.410 e. The van der Waals surface area contributed by atoms with Crippen LogP contribution in [0.1, 0.15) is 31.1 Å². The fourth-order valence-corrected chi connectivity index (χ4v) is 3.43. The van der Waals surface area contributed by atoms with Gasteiger partial charge in [0, 0.05) is 31.3 Å². The fraction of sp³-hybridized carbons (Fsp3) is 0.476. The first-order valence-corrected chi connectivity index (χ1v) is 10.2. The average molecular weight is 433 g/mol. The number of hydrogen-bond acceptors (Lipinski definition) is 7. The van der Waals surface area contributed by atoms with E-state index in [4.69, 9.17) is 9.47 Å². The minimum atomic E-state index is -0.885. The van der Waals surface area contributed by atoms with Crippen molar-refractivity contribution >= 4 is 6.09 Å². The third kappa shape index (κ3) is 5.60. The second-order valence-corrected chi connectivity index (χ2v) is 7.41. The molecule has 1 aromatic carbocycles. The van der Waals surface area contributed by atoms with Gasteiger partial charge in [-0.25, -0.2) is 9.59 Å². The molecule has 3 unspecified atom stereocenters. The lowest BCUT2D eigenvalue weighted by molar-refractivity contribution is -0.0464. The highest BCUT2D eigenvalue weighted by Crippen LogP contribution is 2.27. The van der Waals surface area contributed by atoms with Gasteiger partial charge < -0.3 is 25.0 Å². The number of para-hydroxylation sites is 1. The van der Waals surface area contributed by atoms with E-state index >= 15 is 0 Å². The average Bonchev–Trinajstić information content (AvgIpc) is 3.13. The number of carbonyl (C=O) groups is 1. The maximum Gasteiger partial charge on any atom is 0.412 e. The molecule has 10 heteroatoms. The predicted octanol–water partition coefficient (Wildman–Crippen LogP) is 0.528. The number of aromatic nitrogens is 2. The van der Waals surface area contributed by atoms with Gasteiger partial charge in [-0.2, -0.15) is 0 Å². The highest BCUT2D eigenvalue weighted by atomic mass is 16.6. The van der Waals surface area contributed by atoms with E-state index in [0.29, 0.717) is 30.7 Å². The van der Waals surface area contributed by atoms with E-state index in [1.165, 1.54) is 10.8 Å². The van der Waals surface area contributed by atoms with Crippen molar-refractivity contribution in [2.75, 3.05) is 13.2 Å². The van der Waals surface area contributed by atoms with E-state index in [9.17, 15) is 24.6 Å². The maximum atomic E-state index is 12.8. The number of amides is 1. The Morgan fingerprint density at radius 3 is 2.68 bits per heavy atom. The molecule has 3 atom stereocenters. The second kappa shape index (κ2) is 10.4. The molecule has 10 nitrogen and oxygen atoms in total. The minimum absolute atomic E-state index is 0.149. The molecule has 1 saturated heterocycles. The van der Waals surface area contributed by atoms with Crippen molar-refractivity contribution in [1.82, 2.24) is 14.5 Å². The van der Waals surface area contributed by atoms with E-state index in [1.54, 1.807) is 31.2 Å². The first-order chi connectivity index (χ1) is 14.9. The Morgan fingerprint density at radius 1 is 1.26 bits per heavy atom. The third-order valence-electron chi connectivity index (χ3n) is 5.09. The van der Waals surface area contributed by atoms with Crippen molar-refractivity contribution in [3.63, 3.8) is 0 Å². The molecule has 2 heterocycles. The summed E-state index contributed by atoms with van der Waals surface area (Å²) in [6.07, 6.45) is -0.387. The summed E-state index contributed by atoms with van der Waals surface area (Å²) in [7, 11) is 0. The van der Waals surface area contributed by atoms with Gasteiger partial charge in [0.15, 0.2) is 0 Å². The van der Waals surface area contributed by atoms with E-state index in [2.05, 4.69) is 5.32 Å². The standard InChI is InChI=1S/C21H27N3O7/c1-14-12-24(18-11-16(26)17(13-25)31-18)21(29)23(19(14)27)10-6-5-9-22-20(28)30-15-7-3-2-4-8-15/h2-4,7-8,12,16-18,25-26H,5-6,9-11,13H2,1H3,(H,22,28). The molecule has 2 aromatic rings. The Morgan fingerprint density at radius 2 is 2.00 bits per heavy atom. The first-order valence-electron chi connectivity index (χ1n) is 10.2. The molecule has 0 saturated carbocycles. The van der Waals surface area contributed by atoms with Crippen LogP contribution in [-0.2, 0) is 11.3 Å². The van der Waals surface area contributed by atoms with Crippen LogP contribution in [0, 0.1) is 6.92 Å². The number of aliphatic hydroxyl groups excluding tert-OH is 2. The number of benzene rings is 1. The fourth-order valence-electron chi connectivity index (χ4n) is 3.43. The smallest absolute Gasteiger partial charge is 0.410 e. The lowest BCUT2D eigenvalue weighted by Gasteiger charge is -2.17. The maximum absolute atomic E-state index is 12.8. The molecule has 1 fully saturated rings. The van der Waals surface area contributed by atoms with Crippen LogP contribution >= 0.6 is 0 Å². The number of carbonyl (C=O) groups excluding carboxylic acids is 1. The number of unbranched alkanes of at least 4 members (excludes halogenated alkanes) is 1. The molecule has 168 valence electrons. The predicted molar refractivity (Wildman–Crippen MR) is 111 cm³/mol. The summed E-state index contributed by atoms with van der Waals surface area (Å²) in [6, 6.07) is 8.68. The van der Waals surface area contributed by atoms with Gasteiger partial charge in [-0.15, -0.1) is 0 Å². The zero-order valence-electron chi connectivity index (χ0n) is 17.3. The summed E-state index contributed by atoms with van der Waals surface area (Å²) < 4.78 is 13.1. The van der Waals surface area contributed by atoms with Crippen molar-refractivity contribution in [3.8, 4) is 5.75 Å². The van der Waals surface area contributed by atoms with E-state index in [0.717, 1.165) is 4.57 Å². The van der Waals surface area contributed by atoms with Gasteiger partial charge in [-0.1, -0.05) is 18.2 Å². The summed E-state index contributed by atoms with van der Waals surface area (Å²) in [4.78, 5) is 37.0. The molecule has 1 aromatic heterocycles. The van der Waals surface area contributed by atoms with E-state index in [1.807, 2.05) is 6.07 Å². The van der Waals surface area contributed by atoms with Crippen molar-refractivity contribution in [2.24, 2.45) is 0 Å². The summed E-state index contributed by atoms with van der Waals surface area (Å²) in [5, 5.41) is 21.8. The monoisotopic (exact) mass is 433 g/mol. The Kier molecular flexibility index (Phi) is 7.61. The molecule has 0 radical (unpaired) electrons. The molecule has 3 rings (SSSR count). The molecule has 0 aliphatic carbocycles. The SMILES string of the molecule is Cc1cn(C2CC(O)C(CO)O2)c(=O)n(CCCCNC(=O)Oc2ccccc2)c1=O. The van der Waals surface area contributed by atoms with Crippen LogP contribution in [0.25, 0.3) is 0 Å². The number of hydrogen-bond donors (Lipinski definition) is 3. The van der Waals surface area contributed by atoms with Crippen molar-refractivity contribution in [1.29, 1.82) is 0 Å². The quantitative estimate of drug-likeness (QED) is 0.517. The molecule has 31 heavy (non-hydrogen) atoms. The van der Waals surface area contributed by atoms with Gasteiger partial charge in [-0.3, -0.25) is 13.9 Å². The van der Waals surface area contributed by atoms with Gasteiger partial charge in [0.05, 0.1) is 12.7 Å². The highest BCUT2D eigenvalue weighted by molar-refractivity contribution is 5.70. The molecule has 1 aliphatic heterocycles. The van der Waals surface area contributed by atoms with Crippen LogP contribution < -0.4 is 21.3 Å².